The first kappa shape index (κ1) is 86.9. The molecular weight excluding hydrogens is 1740 g/mol. The molecule has 24 aromatic carbocycles. The number of hydrogen-bond acceptors (Lipinski definition) is 1. The van der Waals surface area contributed by atoms with E-state index >= 15 is 0 Å². The van der Waals surface area contributed by atoms with Gasteiger partial charge in [0.1, 0.15) is 0 Å². The predicted octanol–water partition coefficient (Wildman–Crippen LogP) is 36.9. The van der Waals surface area contributed by atoms with Gasteiger partial charge in [0.05, 0.1) is 44.1 Å². The van der Waals surface area contributed by atoms with Crippen molar-refractivity contribution in [1.82, 2.24) is 18.3 Å². The Kier molecular flexibility index (Phi) is 23.3. The minimum Gasteiger partial charge on any atom is -0.355 e. The van der Waals surface area contributed by atoms with Crippen molar-refractivity contribution in [2.24, 2.45) is 0 Å². The number of rotatable bonds is 16. The van der Waals surface area contributed by atoms with Crippen LogP contribution in [0.15, 0.2) is 558 Å². The first-order chi connectivity index (χ1) is 71.4. The second-order valence-electron chi connectivity index (χ2n) is 37.4. The number of nitrogens with one attached hydrogen (secondary N) is 1. The number of hydrogen-bond donors (Lipinski definition) is 1. The normalized spacial score (nSPS) is 11.4. The van der Waals surface area contributed by atoms with Gasteiger partial charge in [-0.1, -0.05) is 406 Å². The van der Waals surface area contributed by atoms with Gasteiger partial charge in [-0.05, 0) is 287 Å². The minimum absolute atomic E-state index is 0.936. The van der Waals surface area contributed by atoms with E-state index in [1.807, 2.05) is 6.07 Å². The number of nitrogens with zero attached hydrogens (tertiary/aromatic N) is 4. The smallest absolute Gasteiger partial charge is 0.0541 e. The zero-order chi connectivity index (χ0) is 95.6. The average molecular weight is 1840 g/mol. The lowest BCUT2D eigenvalue weighted by atomic mass is 9.92. The fourth-order valence-corrected chi connectivity index (χ4v) is 21.9. The van der Waals surface area contributed by atoms with Gasteiger partial charge in [0.2, 0.25) is 0 Å². The van der Waals surface area contributed by atoms with Crippen LogP contribution >= 0.6 is 0 Å². The molecule has 0 saturated heterocycles. The quantitative estimate of drug-likeness (QED) is 0.103. The maximum atomic E-state index is 3.57. The largest absolute Gasteiger partial charge is 0.355 e. The van der Waals surface area contributed by atoms with Crippen molar-refractivity contribution >= 4 is 142 Å². The van der Waals surface area contributed by atoms with Crippen LogP contribution in [-0.2, 0) is 19.3 Å². The fraction of sp³-hybridized carbons (Fsp3) is 0.0216. The maximum Gasteiger partial charge on any atom is 0.0541 e. The Morgan fingerprint density at radius 2 is 0.444 bits per heavy atom. The highest BCUT2D eigenvalue weighted by Crippen LogP contribution is 2.44. The summed E-state index contributed by atoms with van der Waals surface area (Å²) in [6.45, 7) is 0. The Labute approximate surface area is 837 Å². The zero-order valence-electron chi connectivity index (χ0n) is 79.5. The lowest BCUT2D eigenvalue weighted by molar-refractivity contribution is 1.18. The van der Waals surface area contributed by atoms with Gasteiger partial charge in [-0.3, -0.25) is 0 Å². The Morgan fingerprint density at radius 1 is 0.146 bits per heavy atom. The number of aromatic nitrogens is 4. The lowest BCUT2D eigenvalue weighted by Gasteiger charge is -2.13. The third-order valence-electron chi connectivity index (χ3n) is 28.6. The molecule has 0 saturated carbocycles. The molecular formula is C139H99N5. The van der Waals surface area contributed by atoms with Gasteiger partial charge in [-0.25, -0.2) is 0 Å². The summed E-state index contributed by atoms with van der Waals surface area (Å²) in [5.74, 6) is 0. The molecule has 1 N–H and O–H groups in total. The number of benzene rings is 24. The van der Waals surface area contributed by atoms with Crippen LogP contribution in [0, 0.1) is 0 Å². The summed E-state index contributed by atoms with van der Waals surface area (Å²) < 4.78 is 9.46. The number of fused-ring (bicyclic) bond motifs is 16. The van der Waals surface area contributed by atoms with E-state index in [1.54, 1.807) is 0 Å². The average Bonchev–Trinajstić information content (AvgIpc) is 1.59. The molecule has 0 bridgehead atoms. The molecule has 28 rings (SSSR count). The summed E-state index contributed by atoms with van der Waals surface area (Å²) in [5.41, 5.74) is 34.9. The van der Waals surface area contributed by atoms with Crippen LogP contribution in [0.3, 0.4) is 0 Å². The van der Waals surface area contributed by atoms with Gasteiger partial charge in [0, 0.05) is 82.6 Å². The molecule has 5 nitrogen and oxygen atoms in total. The van der Waals surface area contributed by atoms with Crippen molar-refractivity contribution in [2.75, 3.05) is 5.32 Å². The van der Waals surface area contributed by atoms with Gasteiger partial charge in [0.15, 0.2) is 0 Å². The minimum atomic E-state index is 0.936. The van der Waals surface area contributed by atoms with Crippen molar-refractivity contribution < 1.29 is 0 Å². The van der Waals surface area contributed by atoms with E-state index < -0.39 is 0 Å². The van der Waals surface area contributed by atoms with Crippen molar-refractivity contribution in [1.29, 1.82) is 0 Å². The Bertz CT molecular complexity index is 9370. The molecule has 144 heavy (non-hydrogen) atoms. The molecule has 4 heterocycles. The predicted molar refractivity (Wildman–Crippen MR) is 612 cm³/mol. The topological polar surface area (TPSA) is 31.8 Å². The SMILES string of the molecule is c1ccc(Cc2ccc(-c3ccc4c(c3)c3ccccc3n4-c3ccccc3)c3ccccc23)cc1.c1ccc(Cc2ccc3cc(-c4ccc5c(c4)c4ccccc4n5-c4ccccc4)ccc3c2)cc1.c1ccc(Cc2cccc3c(-c4ccc5c(c4)c4ccccc4n5-c4ccccc4)cccc23)cc1.c1ccc(Nc2cccc3cc(-c4ccc5c(c4)c4ccccc4n5-c4ccccc4)ccc23)cc1. The van der Waals surface area contributed by atoms with Crippen LogP contribution in [0.4, 0.5) is 11.4 Å². The van der Waals surface area contributed by atoms with E-state index in [0.29, 0.717) is 0 Å². The van der Waals surface area contributed by atoms with Gasteiger partial charge >= 0.3 is 0 Å². The van der Waals surface area contributed by atoms with Gasteiger partial charge in [0.25, 0.3) is 0 Å². The molecule has 0 aliphatic carbocycles. The fourth-order valence-electron chi connectivity index (χ4n) is 21.9. The Morgan fingerprint density at radius 3 is 0.896 bits per heavy atom. The molecule has 0 fully saturated rings. The zero-order valence-corrected chi connectivity index (χ0v) is 79.5. The summed E-state index contributed by atoms with van der Waals surface area (Å²) in [4.78, 5) is 0. The first-order valence-corrected chi connectivity index (χ1v) is 49.8. The third-order valence-corrected chi connectivity index (χ3v) is 28.6. The summed E-state index contributed by atoms with van der Waals surface area (Å²) in [5, 5.41) is 24.0. The molecule has 680 valence electrons. The van der Waals surface area contributed by atoms with E-state index in [4.69, 9.17) is 0 Å². The van der Waals surface area contributed by atoms with Crippen molar-refractivity contribution in [3.63, 3.8) is 0 Å². The monoisotopic (exact) mass is 1840 g/mol. The molecule has 0 radical (unpaired) electrons. The molecule has 0 spiro atoms. The van der Waals surface area contributed by atoms with E-state index in [0.717, 1.165) is 30.6 Å². The molecule has 0 amide bonds. The summed E-state index contributed by atoms with van der Waals surface area (Å²) in [7, 11) is 0. The molecule has 0 aliphatic rings. The van der Waals surface area contributed by atoms with Crippen LogP contribution < -0.4 is 5.32 Å². The van der Waals surface area contributed by atoms with Crippen LogP contribution in [0.5, 0.6) is 0 Å². The highest BCUT2D eigenvalue weighted by molar-refractivity contribution is 6.16. The number of para-hydroxylation sites is 9. The summed E-state index contributed by atoms with van der Waals surface area (Å²) in [6.07, 6.45) is 2.83. The van der Waals surface area contributed by atoms with Gasteiger partial charge < -0.3 is 23.6 Å². The Balaban J connectivity index is 0.000000101. The molecule has 0 aliphatic heterocycles. The van der Waals surface area contributed by atoms with Crippen LogP contribution in [0.25, 0.3) is 198 Å². The van der Waals surface area contributed by atoms with Gasteiger partial charge in [-0.2, -0.15) is 0 Å². The maximum absolute atomic E-state index is 3.57. The summed E-state index contributed by atoms with van der Waals surface area (Å²) in [6, 6.07) is 201. The van der Waals surface area contributed by atoms with E-state index in [-0.39, 0.29) is 0 Å². The highest BCUT2D eigenvalue weighted by Gasteiger charge is 2.22. The Hall–Kier alpha value is -18.7. The van der Waals surface area contributed by atoms with Crippen molar-refractivity contribution in [2.45, 2.75) is 19.3 Å². The lowest BCUT2D eigenvalue weighted by Crippen LogP contribution is -1.93. The molecule has 0 atom stereocenters. The van der Waals surface area contributed by atoms with Crippen LogP contribution in [0.1, 0.15) is 33.4 Å². The third kappa shape index (κ3) is 16.9. The highest BCUT2D eigenvalue weighted by atomic mass is 15.0. The second-order valence-corrected chi connectivity index (χ2v) is 37.4. The van der Waals surface area contributed by atoms with E-state index in [9.17, 15) is 0 Å². The molecule has 0 unspecified atom stereocenters. The van der Waals surface area contributed by atoms with Crippen molar-refractivity contribution in [3.05, 3.63) is 591 Å². The van der Waals surface area contributed by atoms with Crippen molar-refractivity contribution in [3.8, 4) is 67.3 Å². The van der Waals surface area contributed by atoms with Gasteiger partial charge in [-0.15, -0.1) is 0 Å². The van der Waals surface area contributed by atoms with Crippen LogP contribution in [-0.4, -0.2) is 18.3 Å². The summed E-state index contributed by atoms with van der Waals surface area (Å²) >= 11 is 0. The second kappa shape index (κ2) is 38.6. The molecule has 4 aromatic heterocycles. The van der Waals surface area contributed by atoms with Crippen LogP contribution in [0.2, 0.25) is 0 Å². The molecule has 5 heteroatoms. The standard InChI is InChI=1S/3C35H25N.C34H24N2/c1-3-11-25(12-4-1)23-26-13-9-19-31-29(26)17-10-18-30(31)27-21-22-35-33(24-27)32-16-7-8-20-34(32)36(35)28-14-5-2-6-15-28;1-3-11-25(12-4-1)23-26-19-21-30(31-16-8-7-15-29(26)31)27-20-22-35-33(24-27)32-17-9-10-18-34(32)36(35)28-13-5-2-6-14-28;1-3-9-25(10-4-1)21-26-15-16-28-23-29(18-17-27(28)22-26)30-19-20-35-33(24-30)32-13-7-8-14-34(32)36(35)31-11-5-2-6-12-31;1-3-11-27(12-4-1)35-32-16-9-10-26-22-24(18-20-29(26)32)25-19-21-34-31(23-25)30-15-7-8-17-33(30)36(34)28-13-5-2-6-14-28/h2*1-22,24H,23H2;1-20,22-24H,21H2;1-23,35H. The van der Waals surface area contributed by atoms with E-state index in [2.05, 4.69) is 576 Å². The number of anilines is 2. The first-order valence-electron chi connectivity index (χ1n) is 49.8. The van der Waals surface area contributed by atoms with E-state index in [1.165, 1.54) is 231 Å². The molecule has 28 aromatic rings.